The Kier molecular flexibility index (Phi) is 4.30. The Morgan fingerprint density at radius 2 is 1.96 bits per heavy atom. The smallest absolute Gasteiger partial charge is 0.435 e. The molecule has 23 heavy (non-hydrogen) atoms. The molecule has 0 spiro atoms. The second-order valence-corrected chi connectivity index (χ2v) is 7.90. The monoisotopic (exact) mass is 322 g/mol. The van der Waals surface area contributed by atoms with Gasteiger partial charge >= 0.3 is 12.1 Å². The van der Waals surface area contributed by atoms with Gasteiger partial charge in [-0.1, -0.05) is 13.8 Å². The van der Waals surface area contributed by atoms with Gasteiger partial charge in [0.05, 0.1) is 16.8 Å². The molecule has 1 heterocycles. The molecule has 6 heteroatoms. The number of aryl methyl sites for hydroxylation is 1. The van der Waals surface area contributed by atoms with Gasteiger partial charge in [0.1, 0.15) is 5.60 Å². The fraction of sp³-hybridized carbons (Fsp3) is 0.706. The molecule has 0 amide bonds. The molecule has 0 bridgehead atoms. The van der Waals surface area contributed by atoms with Crippen molar-refractivity contribution < 1.29 is 19.4 Å². The van der Waals surface area contributed by atoms with Crippen LogP contribution in [0.15, 0.2) is 0 Å². The van der Waals surface area contributed by atoms with Crippen molar-refractivity contribution in [3.8, 4) is 0 Å². The summed E-state index contributed by atoms with van der Waals surface area (Å²) in [5.41, 5.74) is 1.06. The van der Waals surface area contributed by atoms with E-state index in [1.807, 2.05) is 34.6 Å². The van der Waals surface area contributed by atoms with Gasteiger partial charge in [-0.05, 0) is 58.4 Å². The largest absolute Gasteiger partial charge is 0.481 e. The van der Waals surface area contributed by atoms with Gasteiger partial charge in [0.15, 0.2) is 0 Å². The summed E-state index contributed by atoms with van der Waals surface area (Å²) < 4.78 is 6.76. The van der Waals surface area contributed by atoms with Gasteiger partial charge in [0.25, 0.3) is 0 Å². The number of aromatic nitrogens is 2. The van der Waals surface area contributed by atoms with Crippen molar-refractivity contribution in [2.24, 2.45) is 5.41 Å². The molecule has 0 radical (unpaired) electrons. The number of carboxylic acid groups (broad SMARTS) is 1. The molecule has 1 atom stereocenters. The number of ether oxygens (including phenoxy) is 1. The summed E-state index contributed by atoms with van der Waals surface area (Å²) in [6.45, 7) is 11.1. The van der Waals surface area contributed by atoms with Gasteiger partial charge in [-0.15, -0.1) is 0 Å². The number of carboxylic acids is 1. The summed E-state index contributed by atoms with van der Waals surface area (Å²) in [4.78, 5) is 24.0. The molecule has 2 rings (SSSR count). The van der Waals surface area contributed by atoms with Crippen LogP contribution in [-0.4, -0.2) is 32.6 Å². The number of rotatable bonds is 2. The van der Waals surface area contributed by atoms with E-state index < -0.39 is 23.1 Å². The zero-order chi connectivity index (χ0) is 17.6. The van der Waals surface area contributed by atoms with Gasteiger partial charge < -0.3 is 9.84 Å². The first kappa shape index (κ1) is 17.5. The molecule has 0 fully saturated rings. The lowest BCUT2D eigenvalue weighted by atomic mass is 9.73. The van der Waals surface area contributed by atoms with Crippen LogP contribution in [0, 0.1) is 5.41 Å². The molecule has 0 aliphatic heterocycles. The van der Waals surface area contributed by atoms with Crippen LogP contribution >= 0.6 is 0 Å². The van der Waals surface area contributed by atoms with Gasteiger partial charge in [-0.25, -0.2) is 4.79 Å². The number of aliphatic carboxylic acids is 1. The summed E-state index contributed by atoms with van der Waals surface area (Å²) in [6, 6.07) is 0. The number of hydrogen-bond acceptors (Lipinski definition) is 4. The third-order valence-corrected chi connectivity index (χ3v) is 4.22. The van der Waals surface area contributed by atoms with Crippen LogP contribution in [0.5, 0.6) is 0 Å². The van der Waals surface area contributed by atoms with Crippen molar-refractivity contribution in [1.82, 2.24) is 9.78 Å². The molecule has 1 aliphatic rings. The van der Waals surface area contributed by atoms with Crippen molar-refractivity contribution >= 4 is 12.1 Å². The van der Waals surface area contributed by atoms with Crippen molar-refractivity contribution in [3.63, 3.8) is 0 Å². The molecule has 1 aliphatic carbocycles. The van der Waals surface area contributed by atoms with E-state index in [2.05, 4.69) is 5.10 Å². The lowest BCUT2D eigenvalue weighted by molar-refractivity contribution is -0.148. The van der Waals surface area contributed by atoms with Crippen molar-refractivity contribution in [2.75, 3.05) is 0 Å². The summed E-state index contributed by atoms with van der Waals surface area (Å²) in [7, 11) is 0. The first-order valence-corrected chi connectivity index (χ1v) is 8.02. The Hall–Kier alpha value is -1.85. The Morgan fingerprint density at radius 1 is 1.35 bits per heavy atom. The summed E-state index contributed by atoms with van der Waals surface area (Å²) in [5.74, 6) is -0.752. The number of carbonyl (C=O) groups is 2. The fourth-order valence-corrected chi connectivity index (χ4v) is 3.00. The average Bonchev–Trinajstić information content (AvgIpc) is 2.74. The minimum Gasteiger partial charge on any atom is -0.481 e. The van der Waals surface area contributed by atoms with Gasteiger partial charge in [-0.2, -0.15) is 9.78 Å². The van der Waals surface area contributed by atoms with Crippen LogP contribution in [0.1, 0.15) is 70.8 Å². The molecular formula is C17H26N2O4. The van der Waals surface area contributed by atoms with Gasteiger partial charge in [0.2, 0.25) is 0 Å². The predicted molar refractivity (Wildman–Crippen MR) is 85.7 cm³/mol. The van der Waals surface area contributed by atoms with Crippen molar-refractivity contribution in [2.45, 2.75) is 72.3 Å². The Morgan fingerprint density at radius 3 is 2.43 bits per heavy atom. The van der Waals surface area contributed by atoms with Crippen LogP contribution in [0.2, 0.25) is 0 Å². The Labute approximate surface area is 136 Å². The second kappa shape index (κ2) is 5.65. The van der Waals surface area contributed by atoms with Gasteiger partial charge in [0, 0.05) is 0 Å². The average molecular weight is 322 g/mol. The first-order chi connectivity index (χ1) is 10.4. The van der Waals surface area contributed by atoms with E-state index in [0.717, 1.165) is 17.0 Å². The molecule has 0 saturated heterocycles. The Bertz CT molecular complexity index is 640. The zero-order valence-electron chi connectivity index (χ0n) is 14.8. The third-order valence-electron chi connectivity index (χ3n) is 4.22. The summed E-state index contributed by atoms with van der Waals surface area (Å²) in [5, 5.41) is 13.9. The SMILES string of the molecule is CC(C)c1c2c(nn1C(=O)OC(C)(C)C)CCC(C)(C(=O)O)C2. The van der Waals surface area contributed by atoms with Crippen LogP contribution in [0.3, 0.4) is 0 Å². The fourth-order valence-electron chi connectivity index (χ4n) is 3.00. The predicted octanol–water partition coefficient (Wildman–Crippen LogP) is 3.37. The highest BCUT2D eigenvalue weighted by Crippen LogP contribution is 2.38. The molecule has 6 nitrogen and oxygen atoms in total. The van der Waals surface area contributed by atoms with E-state index in [-0.39, 0.29) is 5.92 Å². The van der Waals surface area contributed by atoms with E-state index in [0.29, 0.717) is 19.3 Å². The highest BCUT2D eigenvalue weighted by Gasteiger charge is 2.41. The molecule has 1 N–H and O–H groups in total. The topological polar surface area (TPSA) is 81.4 Å². The third kappa shape index (κ3) is 3.41. The highest BCUT2D eigenvalue weighted by atomic mass is 16.6. The molecule has 1 aromatic heterocycles. The van der Waals surface area contributed by atoms with Gasteiger partial charge in [-0.3, -0.25) is 4.79 Å². The lowest BCUT2D eigenvalue weighted by Gasteiger charge is -2.29. The standard InChI is InChI=1S/C17H26N2O4/c1-10(2)13-11-9-17(6,14(20)21)8-7-12(11)18-19(13)15(22)23-16(3,4)5/h10H,7-9H2,1-6H3,(H,20,21). The number of nitrogens with zero attached hydrogens (tertiary/aromatic N) is 2. The summed E-state index contributed by atoms with van der Waals surface area (Å²) in [6.07, 6.45) is 0.979. The second-order valence-electron chi connectivity index (χ2n) is 7.90. The number of hydrogen-bond donors (Lipinski definition) is 1. The molecule has 0 saturated carbocycles. The van der Waals surface area contributed by atoms with E-state index in [1.54, 1.807) is 6.92 Å². The maximum absolute atomic E-state index is 12.5. The first-order valence-electron chi connectivity index (χ1n) is 8.02. The van der Waals surface area contributed by atoms with Crippen LogP contribution in [0.25, 0.3) is 0 Å². The lowest BCUT2D eigenvalue weighted by Crippen LogP contribution is -2.34. The van der Waals surface area contributed by atoms with Crippen LogP contribution < -0.4 is 0 Å². The van der Waals surface area contributed by atoms with Crippen LogP contribution in [-0.2, 0) is 22.4 Å². The number of fused-ring (bicyclic) bond motifs is 1. The molecule has 0 aromatic carbocycles. The maximum atomic E-state index is 12.5. The quantitative estimate of drug-likeness (QED) is 0.902. The summed E-state index contributed by atoms with van der Waals surface area (Å²) >= 11 is 0. The van der Waals surface area contributed by atoms with E-state index in [9.17, 15) is 14.7 Å². The Balaban J connectivity index is 2.47. The maximum Gasteiger partial charge on any atom is 0.435 e. The van der Waals surface area contributed by atoms with Crippen molar-refractivity contribution in [3.05, 3.63) is 17.0 Å². The van der Waals surface area contributed by atoms with Crippen LogP contribution in [0.4, 0.5) is 4.79 Å². The molecule has 128 valence electrons. The van der Waals surface area contributed by atoms with E-state index in [4.69, 9.17) is 4.74 Å². The molecule has 1 aromatic rings. The number of carbonyl (C=O) groups excluding carboxylic acids is 1. The highest BCUT2D eigenvalue weighted by molar-refractivity contribution is 5.76. The van der Waals surface area contributed by atoms with Crippen molar-refractivity contribution in [1.29, 1.82) is 0 Å². The zero-order valence-corrected chi connectivity index (χ0v) is 14.8. The minimum atomic E-state index is -0.807. The molecular weight excluding hydrogens is 296 g/mol. The normalized spacial score (nSPS) is 21.2. The minimum absolute atomic E-state index is 0.0508. The van der Waals surface area contributed by atoms with E-state index >= 15 is 0 Å². The molecule has 1 unspecified atom stereocenters. The van der Waals surface area contributed by atoms with E-state index in [1.165, 1.54) is 4.68 Å².